The average Bonchev–Trinajstić information content (AvgIpc) is 2.68. The maximum Gasteiger partial charge on any atom is 0.238 e. The highest BCUT2D eigenvalue weighted by Gasteiger charge is 2.15. The molecule has 2 rings (SSSR count). The molecule has 1 aromatic heterocycles. The van der Waals surface area contributed by atoms with E-state index in [1.807, 2.05) is 0 Å². The smallest absolute Gasteiger partial charge is 0.238 e. The molecule has 5 N–H and O–H groups in total. The number of sulfonamides is 1. The SMILES string of the molecule is Cc1cc(CNc2cc(N)cc(S(N)(=O)=O)c2C)sc1C. The fourth-order valence-electron chi connectivity index (χ4n) is 2.11. The van der Waals surface area contributed by atoms with Gasteiger partial charge in [-0.3, -0.25) is 0 Å². The lowest BCUT2D eigenvalue weighted by atomic mass is 10.1. The zero-order valence-electron chi connectivity index (χ0n) is 12.2. The minimum absolute atomic E-state index is 0.0588. The molecule has 114 valence electrons. The van der Waals surface area contributed by atoms with Gasteiger partial charge in [-0.2, -0.15) is 0 Å². The number of hydrogen-bond donors (Lipinski definition) is 3. The van der Waals surface area contributed by atoms with Gasteiger partial charge in [-0.25, -0.2) is 13.6 Å². The Kier molecular flexibility index (Phi) is 4.27. The van der Waals surface area contributed by atoms with E-state index >= 15 is 0 Å². The number of nitrogens with one attached hydrogen (secondary N) is 1. The molecule has 1 heterocycles. The predicted molar refractivity (Wildman–Crippen MR) is 88.1 cm³/mol. The van der Waals surface area contributed by atoms with Gasteiger partial charge in [-0.05, 0) is 50.1 Å². The van der Waals surface area contributed by atoms with Crippen LogP contribution in [0.3, 0.4) is 0 Å². The summed E-state index contributed by atoms with van der Waals surface area (Å²) in [5, 5.41) is 8.45. The quantitative estimate of drug-likeness (QED) is 0.752. The first-order chi connectivity index (χ1) is 9.68. The van der Waals surface area contributed by atoms with Crippen LogP contribution in [0.4, 0.5) is 11.4 Å². The first-order valence-electron chi connectivity index (χ1n) is 6.41. The third-order valence-corrected chi connectivity index (χ3v) is 5.55. The van der Waals surface area contributed by atoms with Crippen molar-refractivity contribution in [1.82, 2.24) is 0 Å². The van der Waals surface area contributed by atoms with E-state index in [0.29, 0.717) is 23.5 Å². The molecule has 0 aliphatic carbocycles. The summed E-state index contributed by atoms with van der Waals surface area (Å²) in [5.74, 6) is 0. The molecule has 0 amide bonds. The molecule has 0 radical (unpaired) electrons. The van der Waals surface area contributed by atoms with Crippen LogP contribution in [0.2, 0.25) is 0 Å². The number of thiophene rings is 1. The fraction of sp³-hybridized carbons (Fsp3) is 0.286. The summed E-state index contributed by atoms with van der Waals surface area (Å²) < 4.78 is 23.2. The molecule has 0 unspecified atom stereocenters. The van der Waals surface area contributed by atoms with E-state index in [-0.39, 0.29) is 4.90 Å². The van der Waals surface area contributed by atoms with Gasteiger partial charge in [0.2, 0.25) is 10.0 Å². The van der Waals surface area contributed by atoms with Crippen molar-refractivity contribution in [2.24, 2.45) is 5.14 Å². The number of hydrogen-bond acceptors (Lipinski definition) is 5. The molecule has 7 heteroatoms. The minimum Gasteiger partial charge on any atom is -0.399 e. The summed E-state index contributed by atoms with van der Waals surface area (Å²) >= 11 is 1.72. The fourth-order valence-corrected chi connectivity index (χ4v) is 3.94. The lowest BCUT2D eigenvalue weighted by Gasteiger charge is -2.13. The van der Waals surface area contributed by atoms with Gasteiger partial charge in [0.25, 0.3) is 0 Å². The maximum absolute atomic E-state index is 11.6. The van der Waals surface area contributed by atoms with Gasteiger partial charge in [0, 0.05) is 27.7 Å². The zero-order chi connectivity index (χ0) is 15.8. The van der Waals surface area contributed by atoms with Crippen molar-refractivity contribution in [3.63, 3.8) is 0 Å². The maximum atomic E-state index is 11.6. The number of rotatable bonds is 4. The molecule has 0 fully saturated rings. The van der Waals surface area contributed by atoms with Gasteiger partial charge in [-0.1, -0.05) is 0 Å². The monoisotopic (exact) mass is 325 g/mol. The van der Waals surface area contributed by atoms with E-state index in [4.69, 9.17) is 10.9 Å². The number of aryl methyl sites for hydroxylation is 2. The highest BCUT2D eigenvalue weighted by molar-refractivity contribution is 7.89. The van der Waals surface area contributed by atoms with E-state index < -0.39 is 10.0 Å². The van der Waals surface area contributed by atoms with Crippen molar-refractivity contribution in [3.05, 3.63) is 39.1 Å². The highest BCUT2D eigenvalue weighted by Crippen LogP contribution is 2.27. The Morgan fingerprint density at radius 2 is 1.86 bits per heavy atom. The Balaban J connectivity index is 2.30. The molecular weight excluding hydrogens is 306 g/mol. The van der Waals surface area contributed by atoms with E-state index in [2.05, 4.69) is 25.2 Å². The van der Waals surface area contributed by atoms with E-state index in [0.717, 1.165) is 0 Å². The molecule has 0 saturated heterocycles. The molecule has 0 saturated carbocycles. The second-order valence-corrected chi connectivity index (χ2v) is 7.91. The highest BCUT2D eigenvalue weighted by atomic mass is 32.2. The van der Waals surface area contributed by atoms with Crippen LogP contribution in [0.5, 0.6) is 0 Å². The topological polar surface area (TPSA) is 98.2 Å². The van der Waals surface area contributed by atoms with Gasteiger partial charge in [-0.15, -0.1) is 11.3 Å². The number of benzene rings is 1. The zero-order valence-corrected chi connectivity index (χ0v) is 13.9. The number of nitrogens with two attached hydrogens (primary N) is 2. The first-order valence-corrected chi connectivity index (χ1v) is 8.77. The van der Waals surface area contributed by atoms with Crippen molar-refractivity contribution in [3.8, 4) is 0 Å². The minimum atomic E-state index is -3.78. The van der Waals surface area contributed by atoms with Crippen molar-refractivity contribution >= 4 is 32.7 Å². The molecule has 0 atom stereocenters. The summed E-state index contributed by atoms with van der Waals surface area (Å²) in [6.45, 7) is 6.48. The molecule has 0 spiro atoms. The average molecular weight is 325 g/mol. The van der Waals surface area contributed by atoms with Crippen LogP contribution in [-0.2, 0) is 16.6 Å². The number of anilines is 2. The number of primary sulfonamides is 1. The van der Waals surface area contributed by atoms with Crippen LogP contribution in [0.15, 0.2) is 23.1 Å². The van der Waals surface area contributed by atoms with E-state index in [1.165, 1.54) is 21.4 Å². The largest absolute Gasteiger partial charge is 0.399 e. The van der Waals surface area contributed by atoms with Crippen LogP contribution in [0.25, 0.3) is 0 Å². The number of nitrogen functional groups attached to an aromatic ring is 1. The second-order valence-electron chi connectivity index (χ2n) is 5.04. The summed E-state index contributed by atoms with van der Waals surface area (Å²) in [5.41, 5.74) is 8.65. The second kappa shape index (κ2) is 5.67. The lowest BCUT2D eigenvalue weighted by molar-refractivity contribution is 0.597. The molecule has 21 heavy (non-hydrogen) atoms. The Labute approximate surface area is 129 Å². The van der Waals surface area contributed by atoms with Gasteiger partial charge in [0.15, 0.2) is 0 Å². The van der Waals surface area contributed by atoms with Crippen LogP contribution in [0.1, 0.15) is 20.9 Å². The van der Waals surface area contributed by atoms with Gasteiger partial charge in [0.1, 0.15) is 0 Å². The van der Waals surface area contributed by atoms with Crippen molar-refractivity contribution in [2.45, 2.75) is 32.2 Å². The summed E-state index contributed by atoms with van der Waals surface area (Å²) in [6, 6.07) is 5.22. The molecule has 0 aliphatic heterocycles. The third kappa shape index (κ3) is 3.55. The van der Waals surface area contributed by atoms with Gasteiger partial charge in [0.05, 0.1) is 4.90 Å². The van der Waals surface area contributed by atoms with Crippen molar-refractivity contribution in [2.75, 3.05) is 11.1 Å². The normalized spacial score (nSPS) is 11.6. The standard InChI is InChI=1S/C14H19N3O2S2/c1-8-4-12(20-10(8)3)7-17-13-5-11(15)6-14(9(13)2)21(16,18)19/h4-6,17H,7,15H2,1-3H3,(H2,16,18,19). The Bertz CT molecular complexity index is 760. The van der Waals surface area contributed by atoms with Gasteiger partial charge >= 0.3 is 0 Å². The van der Waals surface area contributed by atoms with Crippen LogP contribution < -0.4 is 16.2 Å². The molecular formula is C14H19N3O2S2. The van der Waals surface area contributed by atoms with Crippen molar-refractivity contribution in [1.29, 1.82) is 0 Å². The lowest BCUT2D eigenvalue weighted by Crippen LogP contribution is -2.15. The molecule has 1 aromatic carbocycles. The van der Waals surface area contributed by atoms with E-state index in [9.17, 15) is 8.42 Å². The molecule has 2 aromatic rings. The van der Waals surface area contributed by atoms with Crippen LogP contribution in [0, 0.1) is 20.8 Å². The summed E-state index contributed by atoms with van der Waals surface area (Å²) in [7, 11) is -3.78. The van der Waals surface area contributed by atoms with Crippen LogP contribution >= 0.6 is 11.3 Å². The molecule has 5 nitrogen and oxygen atoms in total. The Hall–Kier alpha value is -1.57. The third-order valence-electron chi connectivity index (χ3n) is 3.36. The van der Waals surface area contributed by atoms with Crippen molar-refractivity contribution < 1.29 is 8.42 Å². The Morgan fingerprint density at radius 3 is 2.38 bits per heavy atom. The van der Waals surface area contributed by atoms with E-state index in [1.54, 1.807) is 24.3 Å². The molecule has 0 aliphatic rings. The predicted octanol–water partition coefficient (Wildman–Crippen LogP) is 2.52. The first kappa shape index (κ1) is 15.8. The summed E-state index contributed by atoms with van der Waals surface area (Å²) in [4.78, 5) is 2.52. The van der Waals surface area contributed by atoms with Crippen LogP contribution in [-0.4, -0.2) is 8.42 Å². The summed E-state index contributed by atoms with van der Waals surface area (Å²) in [6.07, 6.45) is 0. The molecule has 0 bridgehead atoms. The van der Waals surface area contributed by atoms with Gasteiger partial charge < -0.3 is 11.1 Å². The Morgan fingerprint density at radius 1 is 1.19 bits per heavy atom.